The Balaban J connectivity index is 0.000000192. The van der Waals surface area contributed by atoms with Crippen LogP contribution in [-0.2, 0) is 22.4 Å². The van der Waals surface area contributed by atoms with Crippen LogP contribution in [0, 0.1) is 11.3 Å². The maximum Gasteiger partial charge on any atom is 0.348 e. The van der Waals surface area contributed by atoms with Gasteiger partial charge in [-0.3, -0.25) is 0 Å². The van der Waals surface area contributed by atoms with E-state index in [1.165, 1.54) is 25.7 Å². The van der Waals surface area contributed by atoms with Crippen molar-refractivity contribution in [3.63, 3.8) is 0 Å². The van der Waals surface area contributed by atoms with Crippen molar-refractivity contribution >= 4 is 5.97 Å². The van der Waals surface area contributed by atoms with E-state index in [0.717, 1.165) is 0 Å². The standard InChI is InChI=1S/C10H12.C6H7NO2/c1-2-6-10-8-4-3-7-9(10)5-1;1-3-9-6(8)5(2)4-7/h1-2,5-6H,3-4,7-8H2;2-3H2,1H3. The number of nitriles is 1. The van der Waals surface area contributed by atoms with Crippen LogP contribution in [0.25, 0.3) is 0 Å². The summed E-state index contributed by atoms with van der Waals surface area (Å²) in [7, 11) is 0. The molecule has 3 heteroatoms. The summed E-state index contributed by atoms with van der Waals surface area (Å²) in [6.45, 7) is 5.10. The van der Waals surface area contributed by atoms with Crippen LogP contribution < -0.4 is 0 Å². The number of nitrogens with zero attached hydrogens (tertiary/aromatic N) is 1. The number of ether oxygens (including phenoxy) is 1. The van der Waals surface area contributed by atoms with Crippen molar-refractivity contribution in [3.05, 3.63) is 47.5 Å². The predicted octanol–water partition coefficient (Wildman–Crippen LogP) is 3.19. The first-order chi connectivity index (χ1) is 9.19. The first-order valence-corrected chi connectivity index (χ1v) is 6.52. The third kappa shape index (κ3) is 4.97. The summed E-state index contributed by atoms with van der Waals surface area (Å²) in [4.78, 5) is 10.4. The SMILES string of the molecule is C=C(C#N)C(=O)OCC.c1ccc2c(c1)CCCC2. The molecule has 100 valence electrons. The van der Waals surface area contributed by atoms with Crippen LogP contribution in [0.3, 0.4) is 0 Å². The second-order valence-electron chi connectivity index (χ2n) is 4.29. The number of aryl methyl sites for hydroxylation is 2. The van der Waals surface area contributed by atoms with Crippen LogP contribution >= 0.6 is 0 Å². The van der Waals surface area contributed by atoms with Gasteiger partial charge in [-0.1, -0.05) is 30.8 Å². The van der Waals surface area contributed by atoms with Crippen LogP contribution in [0.5, 0.6) is 0 Å². The van der Waals surface area contributed by atoms with Crippen LogP contribution in [0.2, 0.25) is 0 Å². The zero-order chi connectivity index (χ0) is 14.1. The normalized spacial score (nSPS) is 12.2. The van der Waals surface area contributed by atoms with Gasteiger partial charge in [0.25, 0.3) is 0 Å². The Morgan fingerprint density at radius 1 is 1.32 bits per heavy atom. The van der Waals surface area contributed by atoms with Gasteiger partial charge in [0, 0.05) is 0 Å². The quantitative estimate of drug-likeness (QED) is 0.464. The molecule has 19 heavy (non-hydrogen) atoms. The van der Waals surface area contributed by atoms with E-state index in [2.05, 4.69) is 35.6 Å². The van der Waals surface area contributed by atoms with Crippen molar-refractivity contribution in [2.75, 3.05) is 6.61 Å². The first kappa shape index (κ1) is 15.0. The van der Waals surface area contributed by atoms with Crippen LogP contribution in [0.1, 0.15) is 30.9 Å². The molecule has 3 nitrogen and oxygen atoms in total. The summed E-state index contributed by atoms with van der Waals surface area (Å²) in [6, 6.07) is 10.4. The van der Waals surface area contributed by atoms with Crippen LogP contribution in [-0.4, -0.2) is 12.6 Å². The van der Waals surface area contributed by atoms with Gasteiger partial charge in [-0.2, -0.15) is 5.26 Å². The highest BCUT2D eigenvalue weighted by molar-refractivity contribution is 5.91. The molecule has 1 aromatic rings. The largest absolute Gasteiger partial charge is 0.462 e. The molecule has 0 radical (unpaired) electrons. The topological polar surface area (TPSA) is 50.1 Å². The molecule has 0 N–H and O–H groups in total. The molecule has 0 bridgehead atoms. The highest BCUT2D eigenvalue weighted by Crippen LogP contribution is 2.19. The molecule has 0 saturated heterocycles. The molecule has 2 rings (SSSR count). The minimum Gasteiger partial charge on any atom is -0.462 e. The Bertz CT molecular complexity index is 461. The van der Waals surface area contributed by atoms with Gasteiger partial charge in [0.1, 0.15) is 11.6 Å². The van der Waals surface area contributed by atoms with Gasteiger partial charge in [0.05, 0.1) is 6.61 Å². The smallest absolute Gasteiger partial charge is 0.348 e. The molecule has 0 spiro atoms. The lowest BCUT2D eigenvalue weighted by molar-refractivity contribution is -0.137. The molecule has 0 heterocycles. The van der Waals surface area contributed by atoms with Crippen LogP contribution in [0.15, 0.2) is 36.4 Å². The Labute approximate surface area is 114 Å². The fourth-order valence-electron chi connectivity index (χ4n) is 1.94. The van der Waals surface area contributed by atoms with E-state index < -0.39 is 5.97 Å². The van der Waals surface area contributed by atoms with Gasteiger partial charge >= 0.3 is 5.97 Å². The fraction of sp³-hybridized carbons (Fsp3) is 0.375. The lowest BCUT2D eigenvalue weighted by Crippen LogP contribution is -2.04. The Hall–Kier alpha value is -2.08. The van der Waals surface area contributed by atoms with Crippen molar-refractivity contribution in [3.8, 4) is 6.07 Å². The summed E-state index contributed by atoms with van der Waals surface area (Å²) in [5.74, 6) is -0.639. The maximum atomic E-state index is 10.4. The van der Waals surface area contributed by atoms with Gasteiger partial charge in [0.15, 0.2) is 0 Å². The van der Waals surface area contributed by atoms with Gasteiger partial charge < -0.3 is 4.74 Å². The van der Waals surface area contributed by atoms with Crippen molar-refractivity contribution < 1.29 is 9.53 Å². The van der Waals surface area contributed by atoms with E-state index in [9.17, 15) is 4.79 Å². The monoisotopic (exact) mass is 257 g/mol. The Morgan fingerprint density at radius 2 is 1.84 bits per heavy atom. The molecule has 0 unspecified atom stereocenters. The summed E-state index contributed by atoms with van der Waals surface area (Å²) >= 11 is 0. The van der Waals surface area contributed by atoms with Gasteiger partial charge in [0.2, 0.25) is 0 Å². The van der Waals surface area contributed by atoms with Crippen molar-refractivity contribution in [1.29, 1.82) is 5.26 Å². The summed E-state index contributed by atoms with van der Waals surface area (Å²) in [5.41, 5.74) is 3.00. The third-order valence-electron chi connectivity index (χ3n) is 2.92. The van der Waals surface area contributed by atoms with E-state index in [0.29, 0.717) is 0 Å². The first-order valence-electron chi connectivity index (χ1n) is 6.52. The minimum absolute atomic E-state index is 0.156. The Kier molecular flexibility index (Phi) is 6.38. The molecule has 0 saturated carbocycles. The third-order valence-corrected chi connectivity index (χ3v) is 2.92. The Morgan fingerprint density at radius 3 is 2.26 bits per heavy atom. The van der Waals surface area contributed by atoms with Gasteiger partial charge in [-0.25, -0.2) is 4.79 Å². The van der Waals surface area contributed by atoms with Crippen molar-refractivity contribution in [2.45, 2.75) is 32.6 Å². The summed E-state index contributed by atoms with van der Waals surface area (Å²) < 4.78 is 4.43. The van der Waals surface area contributed by atoms with Crippen molar-refractivity contribution in [1.82, 2.24) is 0 Å². The van der Waals surface area contributed by atoms with E-state index in [-0.39, 0.29) is 12.2 Å². The molecule has 1 aliphatic rings. The summed E-state index contributed by atoms with van der Waals surface area (Å²) in [5, 5.41) is 8.08. The number of hydrogen-bond donors (Lipinski definition) is 0. The number of fused-ring (bicyclic) bond motifs is 1. The molecule has 0 atom stereocenters. The van der Waals surface area contributed by atoms with E-state index in [1.807, 2.05) is 0 Å². The lowest BCUT2D eigenvalue weighted by atomic mass is 9.92. The average Bonchev–Trinajstić information content (AvgIpc) is 2.47. The molecular weight excluding hydrogens is 238 g/mol. The van der Waals surface area contributed by atoms with Crippen molar-refractivity contribution in [2.24, 2.45) is 0 Å². The number of carbonyl (C=O) groups excluding carboxylic acids is 1. The summed E-state index contributed by atoms with van der Waals surface area (Å²) in [6.07, 6.45) is 5.38. The zero-order valence-corrected chi connectivity index (χ0v) is 11.3. The van der Waals surface area contributed by atoms with Gasteiger partial charge in [-0.05, 0) is 43.7 Å². The number of carbonyl (C=O) groups is 1. The number of esters is 1. The molecule has 0 fully saturated rings. The van der Waals surface area contributed by atoms with E-state index in [1.54, 1.807) is 24.1 Å². The molecule has 0 aliphatic heterocycles. The second kappa shape index (κ2) is 8.10. The number of rotatable bonds is 2. The minimum atomic E-state index is -0.639. The molecule has 1 aromatic carbocycles. The molecule has 0 amide bonds. The average molecular weight is 257 g/mol. The highest BCUT2D eigenvalue weighted by Gasteiger charge is 2.06. The van der Waals surface area contributed by atoms with E-state index in [4.69, 9.17) is 5.26 Å². The molecule has 1 aliphatic carbocycles. The molecular formula is C16H19NO2. The second-order valence-corrected chi connectivity index (χ2v) is 4.29. The maximum absolute atomic E-state index is 10.4. The number of benzene rings is 1. The predicted molar refractivity (Wildman–Crippen MR) is 74.5 cm³/mol. The van der Waals surface area contributed by atoms with E-state index >= 15 is 0 Å². The lowest BCUT2D eigenvalue weighted by Gasteiger charge is -2.13. The van der Waals surface area contributed by atoms with Crippen LogP contribution in [0.4, 0.5) is 0 Å². The van der Waals surface area contributed by atoms with Gasteiger partial charge in [-0.15, -0.1) is 0 Å². The highest BCUT2D eigenvalue weighted by atomic mass is 16.5. The fourth-order valence-corrected chi connectivity index (χ4v) is 1.94. The zero-order valence-electron chi connectivity index (χ0n) is 11.3. The number of hydrogen-bond acceptors (Lipinski definition) is 3. The molecule has 0 aromatic heterocycles.